The maximum absolute atomic E-state index is 12.3. The van der Waals surface area contributed by atoms with E-state index in [1.54, 1.807) is 19.9 Å². The fourth-order valence-corrected chi connectivity index (χ4v) is 6.55. The van der Waals surface area contributed by atoms with Crippen LogP contribution in [0.25, 0.3) is 22.9 Å². The standard InChI is InChI=1S/C41H37N3O8S/c1-25-37(42-39(51-25)29-9-5-3-6-10-29)33(45)22-49-32-16-13-27(14-17-32)19-31-20-28(21-44-36(47)24-53-41(44)48)15-18-35(31)50-23-34(46)38-26(2)52-40(43-38)30-11-7-4-8-12-30/h3-18,20,24,33-34,45-47H,19,21-23H2,1-2H3. The summed E-state index contributed by atoms with van der Waals surface area (Å²) in [5.41, 5.74) is 4.98. The number of aromatic nitrogens is 3. The van der Waals surface area contributed by atoms with Crippen LogP contribution in [0.15, 0.2) is 122 Å². The van der Waals surface area contributed by atoms with Crippen molar-refractivity contribution in [2.24, 2.45) is 0 Å². The summed E-state index contributed by atoms with van der Waals surface area (Å²) in [6, 6.07) is 32.0. The molecule has 0 saturated carbocycles. The molecule has 0 fully saturated rings. The lowest BCUT2D eigenvalue weighted by atomic mass is 10.0. The van der Waals surface area contributed by atoms with E-state index in [-0.39, 0.29) is 30.5 Å². The molecular formula is C41H37N3O8S. The monoisotopic (exact) mass is 731 g/mol. The van der Waals surface area contributed by atoms with E-state index >= 15 is 0 Å². The number of aliphatic hydroxyl groups is 2. The third-order valence-corrected chi connectivity index (χ3v) is 9.44. The van der Waals surface area contributed by atoms with Gasteiger partial charge in [-0.1, -0.05) is 65.9 Å². The molecule has 12 heteroatoms. The quantitative estimate of drug-likeness (QED) is 0.103. The zero-order valence-electron chi connectivity index (χ0n) is 29.0. The van der Waals surface area contributed by atoms with Gasteiger partial charge in [-0.3, -0.25) is 9.36 Å². The molecule has 7 aromatic rings. The number of aromatic hydroxyl groups is 1. The van der Waals surface area contributed by atoms with Crippen molar-refractivity contribution in [3.8, 4) is 40.3 Å². The van der Waals surface area contributed by atoms with Crippen molar-refractivity contribution in [2.45, 2.75) is 39.0 Å². The predicted molar refractivity (Wildman–Crippen MR) is 199 cm³/mol. The zero-order chi connectivity index (χ0) is 36.9. The summed E-state index contributed by atoms with van der Waals surface area (Å²) in [6.45, 7) is 3.60. The number of nitrogens with zero attached hydrogens (tertiary/aromatic N) is 3. The van der Waals surface area contributed by atoms with Gasteiger partial charge in [0.1, 0.15) is 59.8 Å². The minimum atomic E-state index is -1.05. The van der Waals surface area contributed by atoms with Crippen molar-refractivity contribution in [3.05, 3.63) is 158 Å². The molecule has 3 heterocycles. The number of benzene rings is 4. The van der Waals surface area contributed by atoms with Crippen LogP contribution in [-0.2, 0) is 13.0 Å². The maximum Gasteiger partial charge on any atom is 0.310 e. The van der Waals surface area contributed by atoms with Crippen LogP contribution in [0.4, 0.5) is 0 Å². The highest BCUT2D eigenvalue weighted by Crippen LogP contribution is 2.30. The number of hydrogen-bond donors (Lipinski definition) is 3. The molecule has 0 aliphatic rings. The van der Waals surface area contributed by atoms with Crippen LogP contribution in [0.1, 0.15) is 51.8 Å². The molecule has 0 radical (unpaired) electrons. The highest BCUT2D eigenvalue weighted by atomic mass is 32.1. The van der Waals surface area contributed by atoms with Crippen molar-refractivity contribution < 1.29 is 33.6 Å². The number of aliphatic hydroxyl groups excluding tert-OH is 2. The molecule has 3 aromatic heterocycles. The lowest BCUT2D eigenvalue weighted by Crippen LogP contribution is -2.14. The average molecular weight is 732 g/mol. The Morgan fingerprint density at radius 1 is 0.736 bits per heavy atom. The number of thiazole rings is 1. The van der Waals surface area contributed by atoms with Gasteiger partial charge in [0.05, 0.1) is 11.9 Å². The SMILES string of the molecule is Cc1oc(-c2ccccc2)nc1C(O)COc1ccc(Cc2cc(Cn3c(O)csc3=O)ccc2OCC(O)c2nc(-c3ccccc3)oc2C)cc1. The van der Waals surface area contributed by atoms with Crippen molar-refractivity contribution >= 4 is 11.3 Å². The second-order valence-corrected chi connectivity index (χ2v) is 13.3. The molecule has 4 aromatic carbocycles. The number of aryl methyl sites for hydroxylation is 2. The first-order chi connectivity index (χ1) is 25.7. The second kappa shape index (κ2) is 15.7. The Morgan fingerprint density at radius 2 is 1.28 bits per heavy atom. The van der Waals surface area contributed by atoms with Gasteiger partial charge >= 0.3 is 4.87 Å². The summed E-state index contributed by atoms with van der Waals surface area (Å²) in [7, 11) is 0. The van der Waals surface area contributed by atoms with Gasteiger partial charge in [0.15, 0.2) is 0 Å². The number of rotatable bonds is 14. The minimum absolute atomic E-state index is 0.0179. The lowest BCUT2D eigenvalue weighted by molar-refractivity contribution is 0.103. The van der Waals surface area contributed by atoms with Gasteiger partial charge < -0.3 is 33.6 Å². The molecule has 0 saturated heterocycles. The van der Waals surface area contributed by atoms with Crippen molar-refractivity contribution in [1.82, 2.24) is 14.5 Å². The molecule has 2 atom stereocenters. The van der Waals surface area contributed by atoms with Gasteiger partial charge in [-0.25, -0.2) is 9.97 Å². The van der Waals surface area contributed by atoms with Gasteiger partial charge in [0, 0.05) is 17.5 Å². The topological polar surface area (TPSA) is 153 Å². The molecule has 0 bridgehead atoms. The van der Waals surface area contributed by atoms with E-state index in [0.717, 1.165) is 39.2 Å². The molecule has 53 heavy (non-hydrogen) atoms. The van der Waals surface area contributed by atoms with Crippen molar-refractivity contribution in [1.29, 1.82) is 0 Å². The predicted octanol–water partition coefficient (Wildman–Crippen LogP) is 7.41. The first kappa shape index (κ1) is 35.5. The Hall–Kier alpha value is -5.95. The summed E-state index contributed by atoms with van der Waals surface area (Å²) < 4.78 is 25.0. The molecule has 0 amide bonds. The third-order valence-electron chi connectivity index (χ3n) is 8.69. The molecule has 7 rings (SSSR count). The Balaban J connectivity index is 1.05. The van der Waals surface area contributed by atoms with E-state index in [2.05, 4.69) is 9.97 Å². The van der Waals surface area contributed by atoms with Crippen LogP contribution in [0, 0.1) is 13.8 Å². The van der Waals surface area contributed by atoms with E-state index in [1.165, 1.54) is 9.95 Å². The fraction of sp³-hybridized carbons (Fsp3) is 0.195. The lowest BCUT2D eigenvalue weighted by Gasteiger charge is -2.16. The summed E-state index contributed by atoms with van der Waals surface area (Å²) in [4.78, 5) is 21.1. The van der Waals surface area contributed by atoms with E-state index in [0.29, 0.717) is 52.6 Å². The first-order valence-corrected chi connectivity index (χ1v) is 17.8. The number of hydrogen-bond acceptors (Lipinski definition) is 11. The molecule has 11 nitrogen and oxygen atoms in total. The molecule has 2 unspecified atom stereocenters. The smallest absolute Gasteiger partial charge is 0.310 e. The van der Waals surface area contributed by atoms with Crippen LogP contribution >= 0.6 is 11.3 Å². The second-order valence-electron chi connectivity index (χ2n) is 12.5. The molecule has 0 aliphatic carbocycles. The van der Waals surface area contributed by atoms with Crippen LogP contribution in [0.3, 0.4) is 0 Å². The largest absolute Gasteiger partial charge is 0.494 e. The Morgan fingerprint density at radius 3 is 1.83 bits per heavy atom. The van der Waals surface area contributed by atoms with E-state index in [4.69, 9.17) is 18.3 Å². The zero-order valence-corrected chi connectivity index (χ0v) is 29.8. The summed E-state index contributed by atoms with van der Waals surface area (Å²) in [5.74, 6) is 2.89. The fourth-order valence-electron chi connectivity index (χ4n) is 5.93. The Kier molecular flexibility index (Phi) is 10.5. The van der Waals surface area contributed by atoms with Gasteiger partial charge in [-0.2, -0.15) is 0 Å². The highest BCUT2D eigenvalue weighted by Gasteiger charge is 2.21. The van der Waals surface area contributed by atoms with E-state index in [9.17, 15) is 20.1 Å². The van der Waals surface area contributed by atoms with Gasteiger partial charge in [0.2, 0.25) is 17.7 Å². The van der Waals surface area contributed by atoms with Crippen LogP contribution in [0.5, 0.6) is 17.4 Å². The first-order valence-electron chi connectivity index (χ1n) is 17.0. The summed E-state index contributed by atoms with van der Waals surface area (Å²) in [6.07, 6.45) is -1.59. The van der Waals surface area contributed by atoms with E-state index in [1.807, 2.05) is 97.1 Å². The summed E-state index contributed by atoms with van der Waals surface area (Å²) >= 11 is 0.933. The molecule has 0 aliphatic heterocycles. The molecular weight excluding hydrogens is 695 g/mol. The van der Waals surface area contributed by atoms with Crippen LogP contribution < -0.4 is 14.3 Å². The molecule has 270 valence electrons. The minimum Gasteiger partial charge on any atom is -0.494 e. The third kappa shape index (κ3) is 8.25. The van der Waals surface area contributed by atoms with Gasteiger partial charge in [-0.15, -0.1) is 0 Å². The average Bonchev–Trinajstić information content (AvgIpc) is 3.87. The van der Waals surface area contributed by atoms with Crippen LogP contribution in [0.2, 0.25) is 0 Å². The van der Waals surface area contributed by atoms with Crippen LogP contribution in [-0.4, -0.2) is 43.1 Å². The molecule has 3 N–H and O–H groups in total. The van der Waals surface area contributed by atoms with Crippen molar-refractivity contribution in [2.75, 3.05) is 13.2 Å². The Bertz CT molecular complexity index is 2350. The van der Waals surface area contributed by atoms with Gasteiger partial charge in [0.25, 0.3) is 0 Å². The van der Waals surface area contributed by atoms with Crippen molar-refractivity contribution in [3.63, 3.8) is 0 Å². The maximum atomic E-state index is 12.3. The van der Waals surface area contributed by atoms with E-state index < -0.39 is 12.2 Å². The summed E-state index contributed by atoms with van der Waals surface area (Å²) in [5, 5.41) is 33.6. The molecule has 0 spiro atoms. The Labute approximate surface area is 309 Å². The number of ether oxygens (including phenoxy) is 2. The number of oxazole rings is 2. The highest BCUT2D eigenvalue weighted by molar-refractivity contribution is 7.07. The normalized spacial score (nSPS) is 12.5. The van der Waals surface area contributed by atoms with Gasteiger partial charge in [-0.05, 0) is 79.1 Å².